The minimum atomic E-state index is -0.0960. The molecule has 0 amide bonds. The van der Waals surface area contributed by atoms with Crippen molar-refractivity contribution < 1.29 is 9.53 Å². The van der Waals surface area contributed by atoms with E-state index in [9.17, 15) is 4.79 Å². The first-order valence-electron chi connectivity index (χ1n) is 8.83. The summed E-state index contributed by atoms with van der Waals surface area (Å²) < 4.78 is 5.89. The fourth-order valence-corrected chi connectivity index (χ4v) is 5.56. The smallest absolute Gasteiger partial charge is 0.313 e. The lowest BCUT2D eigenvalue weighted by atomic mass is 9.57. The number of aryl methyl sites for hydroxylation is 1. The van der Waals surface area contributed by atoms with E-state index in [1.54, 1.807) is 0 Å². The van der Waals surface area contributed by atoms with Crippen molar-refractivity contribution >= 4 is 5.97 Å². The Morgan fingerprint density at radius 1 is 1.13 bits per heavy atom. The van der Waals surface area contributed by atoms with Crippen LogP contribution in [-0.4, -0.2) is 5.97 Å². The lowest BCUT2D eigenvalue weighted by Crippen LogP contribution is -2.38. The van der Waals surface area contributed by atoms with E-state index in [2.05, 4.69) is 58.0 Å². The number of hydrogen-bond donors (Lipinski definition) is 0. The molecule has 0 bridgehead atoms. The van der Waals surface area contributed by atoms with Crippen molar-refractivity contribution in [1.29, 1.82) is 0 Å². The first kappa shape index (κ1) is 15.0. The van der Waals surface area contributed by atoms with Gasteiger partial charge in [-0.2, -0.15) is 0 Å². The summed E-state index contributed by atoms with van der Waals surface area (Å²) in [6.45, 7) is 9.17. The third-order valence-corrected chi connectivity index (χ3v) is 6.65. The van der Waals surface area contributed by atoms with Crippen LogP contribution in [0.2, 0.25) is 0 Å². The van der Waals surface area contributed by atoms with Gasteiger partial charge in [-0.3, -0.25) is 4.79 Å². The minimum Gasteiger partial charge on any atom is -0.457 e. The molecule has 1 heterocycles. The molecule has 1 aliphatic heterocycles. The van der Waals surface area contributed by atoms with Crippen molar-refractivity contribution in [3.05, 3.63) is 47.0 Å². The molecule has 1 aromatic carbocycles. The second-order valence-corrected chi connectivity index (χ2v) is 8.50. The first-order chi connectivity index (χ1) is 10.8. The summed E-state index contributed by atoms with van der Waals surface area (Å²) in [7, 11) is 0. The third-order valence-electron chi connectivity index (χ3n) is 6.65. The summed E-state index contributed by atoms with van der Waals surface area (Å²) >= 11 is 0. The van der Waals surface area contributed by atoms with Crippen LogP contribution in [-0.2, 0) is 9.53 Å². The number of esters is 1. The summed E-state index contributed by atoms with van der Waals surface area (Å²) in [5.41, 5.74) is 4.20. The molecule has 0 unspecified atom stereocenters. The fraction of sp³-hybridized carbons (Fsp3) is 0.571. The Hall–Kier alpha value is -1.57. The number of carbonyl (C=O) groups is 1. The molecular formula is C21H26O2. The number of hydrogen-bond acceptors (Lipinski definition) is 2. The topological polar surface area (TPSA) is 26.3 Å². The van der Waals surface area contributed by atoms with Crippen molar-refractivity contribution in [3.8, 4) is 0 Å². The maximum atomic E-state index is 12.6. The molecule has 2 fully saturated rings. The van der Waals surface area contributed by atoms with Crippen LogP contribution in [0.1, 0.15) is 57.3 Å². The van der Waals surface area contributed by atoms with E-state index in [1.807, 2.05) is 0 Å². The minimum absolute atomic E-state index is 0.0258. The van der Waals surface area contributed by atoms with Crippen LogP contribution in [0.3, 0.4) is 0 Å². The molecule has 0 aromatic heterocycles. The predicted octanol–water partition coefficient (Wildman–Crippen LogP) is 4.98. The van der Waals surface area contributed by atoms with Crippen LogP contribution in [0, 0.1) is 29.6 Å². The highest BCUT2D eigenvalue weighted by Gasteiger charge is 2.61. The number of carbonyl (C=O) groups excluding carboxylic acids is 1. The third kappa shape index (κ3) is 1.96. The zero-order valence-electron chi connectivity index (χ0n) is 14.6. The predicted molar refractivity (Wildman–Crippen MR) is 90.8 cm³/mol. The molecule has 2 nitrogen and oxygen atoms in total. The molecule has 4 rings (SSSR count). The van der Waals surface area contributed by atoms with Gasteiger partial charge in [-0.25, -0.2) is 0 Å². The summed E-state index contributed by atoms with van der Waals surface area (Å²) in [5.74, 6) is 0.171. The quantitative estimate of drug-likeness (QED) is 0.540. The van der Waals surface area contributed by atoms with Gasteiger partial charge in [0.15, 0.2) is 0 Å². The van der Waals surface area contributed by atoms with Gasteiger partial charge in [0.1, 0.15) is 6.10 Å². The van der Waals surface area contributed by atoms with Gasteiger partial charge in [0.2, 0.25) is 0 Å². The summed E-state index contributed by atoms with van der Waals surface area (Å²) in [6.07, 6.45) is 5.80. The molecule has 0 radical (unpaired) electrons. The van der Waals surface area contributed by atoms with E-state index in [-0.39, 0.29) is 34.7 Å². The van der Waals surface area contributed by atoms with Gasteiger partial charge in [-0.15, -0.1) is 0 Å². The van der Waals surface area contributed by atoms with Crippen LogP contribution in [0.5, 0.6) is 0 Å². The Balaban J connectivity index is 1.82. The van der Waals surface area contributed by atoms with Crippen LogP contribution < -0.4 is 0 Å². The second-order valence-electron chi connectivity index (χ2n) is 8.50. The van der Waals surface area contributed by atoms with E-state index >= 15 is 0 Å². The van der Waals surface area contributed by atoms with Crippen LogP contribution >= 0.6 is 0 Å². The van der Waals surface area contributed by atoms with Gasteiger partial charge < -0.3 is 4.74 Å². The highest BCUT2D eigenvalue weighted by atomic mass is 16.6. The molecule has 2 heteroatoms. The number of rotatable bonds is 1. The van der Waals surface area contributed by atoms with Gasteiger partial charge in [-0.1, -0.05) is 63.1 Å². The van der Waals surface area contributed by atoms with E-state index in [1.165, 1.54) is 36.0 Å². The van der Waals surface area contributed by atoms with Crippen molar-refractivity contribution in [2.45, 2.75) is 53.1 Å². The molecule has 2 aliphatic carbocycles. The van der Waals surface area contributed by atoms with Gasteiger partial charge in [0, 0.05) is 5.92 Å². The van der Waals surface area contributed by atoms with Crippen LogP contribution in [0.25, 0.3) is 0 Å². The fourth-order valence-electron chi connectivity index (χ4n) is 5.56. The van der Waals surface area contributed by atoms with E-state index < -0.39 is 0 Å². The highest BCUT2D eigenvalue weighted by Crippen LogP contribution is 2.65. The monoisotopic (exact) mass is 310 g/mol. The molecule has 1 saturated carbocycles. The zero-order valence-corrected chi connectivity index (χ0v) is 14.6. The Kier molecular flexibility index (Phi) is 3.07. The zero-order chi connectivity index (χ0) is 16.4. The molecule has 1 aromatic rings. The van der Waals surface area contributed by atoms with Crippen LogP contribution in [0.15, 0.2) is 35.9 Å². The summed E-state index contributed by atoms with van der Waals surface area (Å²) in [4.78, 5) is 12.6. The molecular weight excluding hydrogens is 284 g/mol. The number of ether oxygens (including phenoxy) is 1. The molecule has 0 N–H and O–H groups in total. The Bertz CT molecular complexity index is 700. The SMILES string of the molecule is Cc1ccccc1[C@H]1OC(=O)[C@@H]2C=C3C(C)(C)CCC[C@]3(C)[C@H]12. The van der Waals surface area contributed by atoms with Crippen molar-refractivity contribution in [2.75, 3.05) is 0 Å². The summed E-state index contributed by atoms with van der Waals surface area (Å²) in [5, 5.41) is 0. The Morgan fingerprint density at radius 3 is 2.61 bits per heavy atom. The Morgan fingerprint density at radius 2 is 1.87 bits per heavy atom. The van der Waals surface area contributed by atoms with E-state index in [0.717, 1.165) is 0 Å². The van der Waals surface area contributed by atoms with Gasteiger partial charge in [0.05, 0.1) is 5.92 Å². The molecule has 1 saturated heterocycles. The average molecular weight is 310 g/mol. The van der Waals surface area contributed by atoms with Gasteiger partial charge in [-0.05, 0) is 41.7 Å². The number of fused-ring (bicyclic) bond motifs is 3. The largest absolute Gasteiger partial charge is 0.457 e. The van der Waals surface area contributed by atoms with E-state index in [4.69, 9.17) is 4.74 Å². The molecule has 0 spiro atoms. The van der Waals surface area contributed by atoms with Crippen LogP contribution in [0.4, 0.5) is 0 Å². The lowest BCUT2D eigenvalue weighted by molar-refractivity contribution is -0.143. The Labute approximate surface area is 138 Å². The normalized spacial score (nSPS) is 37.8. The standard InChI is InChI=1S/C21H26O2/c1-13-8-5-6-9-14(13)18-17-15(19(22)23-18)12-16-20(2,3)10-7-11-21(16,17)4/h5-6,8-9,12,15,17-18H,7,10-11H2,1-4H3/t15-,17+,18-,21+/m1/s1. The average Bonchev–Trinajstić information content (AvgIpc) is 2.97. The summed E-state index contributed by atoms with van der Waals surface area (Å²) in [6, 6.07) is 8.36. The maximum Gasteiger partial charge on any atom is 0.313 e. The number of benzene rings is 1. The van der Waals surface area contributed by atoms with E-state index in [0.29, 0.717) is 0 Å². The molecule has 122 valence electrons. The number of cyclic esters (lactones) is 1. The van der Waals surface area contributed by atoms with Gasteiger partial charge in [0.25, 0.3) is 0 Å². The second kappa shape index (κ2) is 4.72. The van der Waals surface area contributed by atoms with Crippen molar-refractivity contribution in [2.24, 2.45) is 22.7 Å². The first-order valence-corrected chi connectivity index (χ1v) is 8.83. The van der Waals surface area contributed by atoms with Crippen molar-refractivity contribution in [1.82, 2.24) is 0 Å². The molecule has 23 heavy (non-hydrogen) atoms. The highest BCUT2D eigenvalue weighted by molar-refractivity contribution is 5.79. The maximum absolute atomic E-state index is 12.6. The molecule has 4 atom stereocenters. The van der Waals surface area contributed by atoms with Crippen molar-refractivity contribution in [3.63, 3.8) is 0 Å². The molecule has 3 aliphatic rings. The van der Waals surface area contributed by atoms with Gasteiger partial charge >= 0.3 is 5.97 Å². The lowest BCUT2D eigenvalue weighted by Gasteiger charge is -2.47. The number of allylic oxidation sites excluding steroid dienone is 1.